The topological polar surface area (TPSA) is 37.8 Å². The molecule has 2 aromatic rings. The summed E-state index contributed by atoms with van der Waals surface area (Å²) in [7, 11) is 0. The van der Waals surface area contributed by atoms with Gasteiger partial charge < -0.3 is 5.32 Å². The highest BCUT2D eigenvalue weighted by Crippen LogP contribution is 2.13. The quantitative estimate of drug-likeness (QED) is 0.778. The molecule has 1 radical (unpaired) electrons. The van der Waals surface area contributed by atoms with E-state index in [1.165, 1.54) is 5.56 Å². The van der Waals surface area contributed by atoms with Gasteiger partial charge in [-0.2, -0.15) is 0 Å². The minimum Gasteiger partial charge on any atom is -0.340 e. The first-order chi connectivity index (χ1) is 6.84. The molecule has 1 heterocycles. The molecule has 0 fully saturated rings. The van der Waals surface area contributed by atoms with E-state index >= 15 is 0 Å². The van der Waals surface area contributed by atoms with Gasteiger partial charge in [0.15, 0.2) is 6.33 Å². The number of anilines is 2. The van der Waals surface area contributed by atoms with Gasteiger partial charge in [-0.25, -0.2) is 9.97 Å². The first kappa shape index (κ1) is 8.69. The van der Waals surface area contributed by atoms with E-state index in [9.17, 15) is 0 Å². The summed E-state index contributed by atoms with van der Waals surface area (Å²) >= 11 is 0. The third kappa shape index (κ3) is 2.07. The van der Waals surface area contributed by atoms with Crippen molar-refractivity contribution in [3.8, 4) is 0 Å². The summed E-state index contributed by atoms with van der Waals surface area (Å²) in [5.41, 5.74) is 2.26. The van der Waals surface area contributed by atoms with Gasteiger partial charge in [-0.15, -0.1) is 0 Å². The standard InChI is InChI=1S/C11H10N3/c1-9-2-4-10(5-3-9)14-11-6-7-12-8-13-11/h2-7H,1H3,(H,12,13,14). The lowest BCUT2D eigenvalue weighted by molar-refractivity contribution is 1.15. The van der Waals surface area contributed by atoms with Crippen molar-refractivity contribution in [1.29, 1.82) is 0 Å². The van der Waals surface area contributed by atoms with Crippen molar-refractivity contribution >= 4 is 11.5 Å². The van der Waals surface area contributed by atoms with Crippen LogP contribution in [0.1, 0.15) is 5.56 Å². The van der Waals surface area contributed by atoms with Gasteiger partial charge in [-0.05, 0) is 25.1 Å². The average molecular weight is 184 g/mol. The molecule has 1 aromatic heterocycles. The van der Waals surface area contributed by atoms with Gasteiger partial charge in [0.1, 0.15) is 5.82 Å². The molecule has 0 aliphatic heterocycles. The molecule has 1 aromatic carbocycles. The predicted octanol–water partition coefficient (Wildman–Crippen LogP) is 2.33. The van der Waals surface area contributed by atoms with Crippen LogP contribution >= 0.6 is 0 Å². The van der Waals surface area contributed by atoms with Crippen LogP contribution in [-0.4, -0.2) is 9.97 Å². The molecule has 69 valence electrons. The van der Waals surface area contributed by atoms with Crippen molar-refractivity contribution in [2.24, 2.45) is 0 Å². The summed E-state index contributed by atoms with van der Waals surface area (Å²) in [5.74, 6) is 0.754. The van der Waals surface area contributed by atoms with Crippen LogP contribution in [0.3, 0.4) is 0 Å². The Morgan fingerprint density at radius 1 is 1.14 bits per heavy atom. The van der Waals surface area contributed by atoms with Crippen molar-refractivity contribution in [2.45, 2.75) is 6.92 Å². The number of nitrogens with one attached hydrogen (secondary N) is 1. The van der Waals surface area contributed by atoms with E-state index in [2.05, 4.69) is 28.5 Å². The zero-order valence-corrected chi connectivity index (χ0v) is 7.86. The summed E-state index contributed by atoms with van der Waals surface area (Å²) in [4.78, 5) is 7.67. The molecule has 0 saturated carbocycles. The third-order valence-electron chi connectivity index (χ3n) is 1.86. The Hall–Kier alpha value is -1.90. The minimum absolute atomic E-state index is 0.754. The number of aromatic nitrogens is 2. The Morgan fingerprint density at radius 2 is 1.93 bits per heavy atom. The second-order valence-corrected chi connectivity index (χ2v) is 3.03. The summed E-state index contributed by atoms with van der Waals surface area (Å²) in [5, 5.41) is 3.15. The predicted molar refractivity (Wildman–Crippen MR) is 55.3 cm³/mol. The number of hydrogen-bond acceptors (Lipinski definition) is 3. The molecular formula is C11H10N3. The van der Waals surface area contributed by atoms with Gasteiger partial charge in [0.25, 0.3) is 0 Å². The minimum atomic E-state index is 0.754. The van der Waals surface area contributed by atoms with E-state index in [-0.39, 0.29) is 0 Å². The van der Waals surface area contributed by atoms with Gasteiger partial charge in [0.2, 0.25) is 0 Å². The molecule has 14 heavy (non-hydrogen) atoms. The maximum atomic E-state index is 3.95. The van der Waals surface area contributed by atoms with Crippen LogP contribution in [0.2, 0.25) is 0 Å². The van der Waals surface area contributed by atoms with E-state index in [1.807, 2.05) is 24.3 Å². The maximum absolute atomic E-state index is 3.95. The summed E-state index contributed by atoms with van der Waals surface area (Å²) in [6.07, 6.45) is 4.19. The fraction of sp³-hybridized carbons (Fsp3) is 0.0909. The number of benzene rings is 1. The Bertz CT molecular complexity index is 395. The zero-order valence-electron chi connectivity index (χ0n) is 7.86. The Kier molecular flexibility index (Phi) is 2.40. The molecule has 0 amide bonds. The molecule has 0 atom stereocenters. The van der Waals surface area contributed by atoms with Crippen molar-refractivity contribution in [3.63, 3.8) is 0 Å². The number of nitrogens with zero attached hydrogens (tertiary/aromatic N) is 2. The van der Waals surface area contributed by atoms with Crippen LogP contribution in [0, 0.1) is 13.3 Å². The van der Waals surface area contributed by atoms with E-state index in [0.29, 0.717) is 0 Å². The highest BCUT2D eigenvalue weighted by molar-refractivity contribution is 5.55. The molecule has 2 rings (SSSR count). The van der Waals surface area contributed by atoms with Gasteiger partial charge in [0.05, 0.1) is 0 Å². The largest absolute Gasteiger partial charge is 0.340 e. The number of hydrogen-bond donors (Lipinski definition) is 1. The van der Waals surface area contributed by atoms with E-state index in [4.69, 9.17) is 0 Å². The van der Waals surface area contributed by atoms with Crippen LogP contribution < -0.4 is 5.32 Å². The second-order valence-electron chi connectivity index (χ2n) is 3.03. The molecular weight excluding hydrogens is 174 g/mol. The Balaban J connectivity index is 2.16. The fourth-order valence-corrected chi connectivity index (χ4v) is 1.12. The van der Waals surface area contributed by atoms with Crippen LogP contribution in [0.15, 0.2) is 36.5 Å². The summed E-state index contributed by atoms with van der Waals surface area (Å²) < 4.78 is 0. The smallest absolute Gasteiger partial charge is 0.199 e. The van der Waals surface area contributed by atoms with E-state index < -0.39 is 0 Å². The second kappa shape index (κ2) is 3.87. The average Bonchev–Trinajstić information content (AvgIpc) is 2.23. The molecule has 0 spiro atoms. The van der Waals surface area contributed by atoms with Crippen LogP contribution in [0.5, 0.6) is 0 Å². The first-order valence-electron chi connectivity index (χ1n) is 4.37. The first-order valence-corrected chi connectivity index (χ1v) is 4.37. The van der Waals surface area contributed by atoms with Crippen molar-refractivity contribution in [3.05, 3.63) is 48.4 Å². The summed E-state index contributed by atoms with van der Waals surface area (Å²) in [6.45, 7) is 2.06. The highest BCUT2D eigenvalue weighted by Gasteiger charge is 1.93. The molecule has 0 aliphatic carbocycles. The zero-order chi connectivity index (χ0) is 9.80. The molecule has 0 unspecified atom stereocenters. The molecule has 0 saturated heterocycles. The monoisotopic (exact) mass is 184 g/mol. The normalized spacial score (nSPS) is 9.79. The van der Waals surface area contributed by atoms with Gasteiger partial charge >= 0.3 is 0 Å². The molecule has 3 heteroatoms. The number of aryl methyl sites for hydroxylation is 1. The van der Waals surface area contributed by atoms with E-state index in [1.54, 1.807) is 12.3 Å². The van der Waals surface area contributed by atoms with Gasteiger partial charge in [0, 0.05) is 11.9 Å². The maximum Gasteiger partial charge on any atom is 0.199 e. The van der Waals surface area contributed by atoms with Gasteiger partial charge in [-0.3, -0.25) is 0 Å². The van der Waals surface area contributed by atoms with Crippen LogP contribution in [-0.2, 0) is 0 Å². The van der Waals surface area contributed by atoms with Gasteiger partial charge in [-0.1, -0.05) is 17.7 Å². The highest BCUT2D eigenvalue weighted by atomic mass is 15.0. The molecule has 0 aliphatic rings. The van der Waals surface area contributed by atoms with Crippen LogP contribution in [0.25, 0.3) is 0 Å². The van der Waals surface area contributed by atoms with E-state index in [0.717, 1.165) is 11.5 Å². The van der Waals surface area contributed by atoms with Crippen molar-refractivity contribution in [2.75, 3.05) is 5.32 Å². The number of rotatable bonds is 2. The lowest BCUT2D eigenvalue weighted by Gasteiger charge is -2.04. The molecule has 3 nitrogen and oxygen atoms in total. The molecule has 0 bridgehead atoms. The Labute approximate surface area is 82.8 Å². The van der Waals surface area contributed by atoms with Crippen molar-refractivity contribution < 1.29 is 0 Å². The van der Waals surface area contributed by atoms with Crippen LogP contribution in [0.4, 0.5) is 11.5 Å². The van der Waals surface area contributed by atoms with Crippen molar-refractivity contribution in [1.82, 2.24) is 9.97 Å². The lowest BCUT2D eigenvalue weighted by Crippen LogP contribution is -1.93. The Morgan fingerprint density at radius 3 is 2.57 bits per heavy atom. The SMILES string of the molecule is Cc1ccc(Nc2ccn[c]n2)cc1. The third-order valence-corrected chi connectivity index (χ3v) is 1.86. The molecule has 1 N–H and O–H groups in total. The lowest BCUT2D eigenvalue weighted by atomic mass is 10.2. The fourth-order valence-electron chi connectivity index (χ4n) is 1.12. The summed E-state index contributed by atoms with van der Waals surface area (Å²) in [6, 6.07) is 9.92.